The van der Waals surface area contributed by atoms with Crippen molar-refractivity contribution in [3.05, 3.63) is 18.0 Å². The van der Waals surface area contributed by atoms with Crippen LogP contribution in [0.2, 0.25) is 0 Å². The SMILES string of the molecule is CN(C(=O)C1CCS(=O)(=O)C1)C1CN(c2ccc3nnc(C4CC4)n3n2)C1. The van der Waals surface area contributed by atoms with Crippen LogP contribution in [0.5, 0.6) is 0 Å². The van der Waals surface area contributed by atoms with Gasteiger partial charge in [0.2, 0.25) is 5.91 Å². The van der Waals surface area contributed by atoms with E-state index in [1.54, 1.807) is 11.9 Å². The summed E-state index contributed by atoms with van der Waals surface area (Å²) >= 11 is 0. The fourth-order valence-corrected chi connectivity index (χ4v) is 5.64. The number of carbonyl (C=O) groups is 1. The van der Waals surface area contributed by atoms with Crippen molar-refractivity contribution >= 4 is 27.2 Å². The first-order valence-corrected chi connectivity index (χ1v) is 11.2. The maximum atomic E-state index is 12.6. The number of hydrogen-bond donors (Lipinski definition) is 0. The fourth-order valence-electron chi connectivity index (χ4n) is 3.91. The Kier molecular flexibility index (Phi) is 3.68. The Morgan fingerprint density at radius 3 is 2.63 bits per heavy atom. The van der Waals surface area contributed by atoms with Crippen LogP contribution in [0.4, 0.5) is 5.82 Å². The van der Waals surface area contributed by atoms with E-state index in [4.69, 9.17) is 0 Å². The molecule has 2 saturated heterocycles. The minimum atomic E-state index is -3.05. The Morgan fingerprint density at radius 2 is 1.96 bits per heavy atom. The lowest BCUT2D eigenvalue weighted by molar-refractivity contribution is -0.136. The molecule has 0 bridgehead atoms. The smallest absolute Gasteiger partial charge is 0.226 e. The highest BCUT2D eigenvalue weighted by Crippen LogP contribution is 2.39. The third-order valence-electron chi connectivity index (χ3n) is 5.88. The number of carbonyl (C=O) groups excluding carboxylic acids is 1. The van der Waals surface area contributed by atoms with Crippen LogP contribution in [-0.4, -0.2) is 76.7 Å². The molecule has 1 aliphatic carbocycles. The molecule has 1 saturated carbocycles. The Bertz CT molecular complexity index is 1010. The lowest BCUT2D eigenvalue weighted by Crippen LogP contribution is -2.61. The van der Waals surface area contributed by atoms with Gasteiger partial charge in [0.25, 0.3) is 0 Å². The monoisotopic (exact) mass is 390 g/mol. The number of sulfone groups is 1. The summed E-state index contributed by atoms with van der Waals surface area (Å²) in [4.78, 5) is 16.4. The van der Waals surface area contributed by atoms with E-state index in [9.17, 15) is 13.2 Å². The lowest BCUT2D eigenvalue weighted by Gasteiger charge is -2.45. The van der Waals surface area contributed by atoms with Crippen LogP contribution < -0.4 is 4.90 Å². The first-order valence-electron chi connectivity index (χ1n) is 9.36. The van der Waals surface area contributed by atoms with Gasteiger partial charge in [-0.05, 0) is 31.4 Å². The van der Waals surface area contributed by atoms with Crippen molar-refractivity contribution < 1.29 is 13.2 Å². The van der Waals surface area contributed by atoms with Crippen molar-refractivity contribution in [3.63, 3.8) is 0 Å². The molecule has 4 heterocycles. The standard InChI is InChI=1S/C17H22N6O3S/c1-21(17(24)12-6-7-27(25,26)10-12)13-8-22(9-13)15-5-4-14-18-19-16(11-2-3-11)23(14)20-15/h4-5,11-13H,2-3,6-10H2,1H3. The predicted molar refractivity (Wildman–Crippen MR) is 98.3 cm³/mol. The van der Waals surface area contributed by atoms with Crippen molar-refractivity contribution in [2.75, 3.05) is 36.5 Å². The van der Waals surface area contributed by atoms with Crippen LogP contribution in [0.1, 0.15) is 31.0 Å². The Balaban J connectivity index is 1.25. The topological polar surface area (TPSA) is 101 Å². The number of aromatic nitrogens is 4. The largest absolute Gasteiger partial charge is 0.351 e. The molecule has 1 atom stereocenters. The molecule has 2 aromatic rings. The van der Waals surface area contributed by atoms with Crippen LogP contribution >= 0.6 is 0 Å². The quantitative estimate of drug-likeness (QED) is 0.729. The second-order valence-electron chi connectivity index (χ2n) is 7.90. The van der Waals surface area contributed by atoms with E-state index < -0.39 is 9.84 Å². The van der Waals surface area contributed by atoms with Crippen LogP contribution in [0, 0.1) is 5.92 Å². The average molecular weight is 390 g/mol. The molecule has 0 N–H and O–H groups in total. The van der Waals surface area contributed by atoms with Crippen LogP contribution in [0.25, 0.3) is 5.65 Å². The molecule has 27 heavy (non-hydrogen) atoms. The first-order chi connectivity index (χ1) is 12.9. The lowest BCUT2D eigenvalue weighted by atomic mass is 10.0. The maximum absolute atomic E-state index is 12.6. The van der Waals surface area contributed by atoms with Crippen molar-refractivity contribution in [1.82, 2.24) is 24.7 Å². The summed E-state index contributed by atoms with van der Waals surface area (Å²) in [6, 6.07) is 3.94. The molecule has 2 aliphatic heterocycles. The normalized spacial score (nSPS) is 24.9. The second-order valence-corrected chi connectivity index (χ2v) is 10.1. The molecule has 1 unspecified atom stereocenters. The van der Waals surface area contributed by atoms with Crippen molar-refractivity contribution in [3.8, 4) is 0 Å². The summed E-state index contributed by atoms with van der Waals surface area (Å²) in [6.45, 7) is 1.39. The molecule has 3 fully saturated rings. The third kappa shape index (κ3) is 2.95. The Hall–Kier alpha value is -2.23. The number of rotatable bonds is 4. The maximum Gasteiger partial charge on any atom is 0.226 e. The predicted octanol–water partition coefficient (Wildman–Crippen LogP) is 0.0834. The highest BCUT2D eigenvalue weighted by Gasteiger charge is 2.39. The molecule has 0 spiro atoms. The minimum Gasteiger partial charge on any atom is -0.351 e. The zero-order valence-corrected chi connectivity index (χ0v) is 16.0. The second kappa shape index (κ2) is 5.88. The number of likely N-dealkylation sites (N-methyl/N-ethyl adjacent to an activating group) is 1. The van der Waals surface area contributed by atoms with Gasteiger partial charge < -0.3 is 9.80 Å². The van der Waals surface area contributed by atoms with Gasteiger partial charge in [-0.1, -0.05) is 0 Å². The zero-order valence-electron chi connectivity index (χ0n) is 15.2. The molecule has 2 aromatic heterocycles. The van der Waals surface area contributed by atoms with Gasteiger partial charge in [0.15, 0.2) is 21.3 Å². The number of nitrogens with zero attached hydrogens (tertiary/aromatic N) is 6. The molecule has 1 amide bonds. The zero-order chi connectivity index (χ0) is 18.8. The Labute approximate surface area is 157 Å². The molecule has 5 rings (SSSR count). The van der Waals surface area contributed by atoms with E-state index in [0.29, 0.717) is 25.4 Å². The van der Waals surface area contributed by atoms with E-state index in [1.165, 1.54) is 0 Å². The van der Waals surface area contributed by atoms with Crippen molar-refractivity contribution in [2.24, 2.45) is 5.92 Å². The van der Waals surface area contributed by atoms with Crippen molar-refractivity contribution in [1.29, 1.82) is 0 Å². The summed E-state index contributed by atoms with van der Waals surface area (Å²) < 4.78 is 25.1. The van der Waals surface area contributed by atoms with Gasteiger partial charge in [-0.3, -0.25) is 4.79 Å². The summed E-state index contributed by atoms with van der Waals surface area (Å²) in [5, 5.41) is 13.1. The van der Waals surface area contributed by atoms with Gasteiger partial charge in [0.1, 0.15) is 5.82 Å². The number of amides is 1. The van der Waals surface area contributed by atoms with Gasteiger partial charge in [-0.15, -0.1) is 15.3 Å². The minimum absolute atomic E-state index is 0.0115. The number of anilines is 1. The first kappa shape index (κ1) is 16.9. The van der Waals surface area contributed by atoms with Crippen LogP contribution in [0.15, 0.2) is 12.1 Å². The van der Waals surface area contributed by atoms with Gasteiger partial charge in [0, 0.05) is 26.1 Å². The average Bonchev–Trinajstić information content (AvgIpc) is 3.25. The van der Waals surface area contributed by atoms with E-state index in [-0.39, 0.29) is 29.4 Å². The molecule has 144 valence electrons. The third-order valence-corrected chi connectivity index (χ3v) is 7.65. The molecule has 3 aliphatic rings. The molecule has 9 nitrogen and oxygen atoms in total. The summed E-state index contributed by atoms with van der Waals surface area (Å²) in [5.74, 6) is 1.92. The van der Waals surface area contributed by atoms with Crippen molar-refractivity contribution in [2.45, 2.75) is 31.2 Å². The molecular weight excluding hydrogens is 368 g/mol. The molecular formula is C17H22N6O3S. The van der Waals surface area contributed by atoms with Gasteiger partial charge >= 0.3 is 0 Å². The number of hydrogen-bond acceptors (Lipinski definition) is 7. The molecule has 0 aromatic carbocycles. The Morgan fingerprint density at radius 1 is 1.19 bits per heavy atom. The summed E-state index contributed by atoms with van der Waals surface area (Å²) in [6.07, 6.45) is 2.72. The summed E-state index contributed by atoms with van der Waals surface area (Å²) in [7, 11) is -1.27. The van der Waals surface area contributed by atoms with E-state index in [0.717, 1.165) is 30.1 Å². The van der Waals surface area contributed by atoms with E-state index in [2.05, 4.69) is 20.2 Å². The number of fused-ring (bicyclic) bond motifs is 1. The summed E-state index contributed by atoms with van der Waals surface area (Å²) in [5.41, 5.74) is 0.757. The van der Waals surface area contributed by atoms with Gasteiger partial charge in [0.05, 0.1) is 23.5 Å². The molecule has 10 heteroatoms. The molecule has 0 radical (unpaired) electrons. The van der Waals surface area contributed by atoms with Gasteiger partial charge in [-0.2, -0.15) is 4.52 Å². The van der Waals surface area contributed by atoms with Crippen LogP contribution in [-0.2, 0) is 14.6 Å². The highest BCUT2D eigenvalue weighted by atomic mass is 32.2. The van der Waals surface area contributed by atoms with E-state index in [1.807, 2.05) is 16.6 Å². The van der Waals surface area contributed by atoms with E-state index >= 15 is 0 Å². The van der Waals surface area contributed by atoms with Crippen LogP contribution in [0.3, 0.4) is 0 Å². The van der Waals surface area contributed by atoms with Gasteiger partial charge in [-0.25, -0.2) is 8.42 Å². The fraction of sp³-hybridized carbons (Fsp3) is 0.647. The highest BCUT2D eigenvalue weighted by molar-refractivity contribution is 7.91.